The predicted octanol–water partition coefficient (Wildman–Crippen LogP) is 1.11. The quantitative estimate of drug-likeness (QED) is 0.694. The summed E-state index contributed by atoms with van der Waals surface area (Å²) in [5, 5.41) is 8.64. The molecule has 1 N–H and O–H groups in total. The van der Waals surface area contributed by atoms with Crippen molar-refractivity contribution in [1.29, 1.82) is 0 Å². The molecule has 0 aliphatic rings. The van der Waals surface area contributed by atoms with Gasteiger partial charge >= 0.3 is 12.1 Å². The first-order valence-electron chi connectivity index (χ1n) is 3.54. The van der Waals surface area contributed by atoms with Gasteiger partial charge in [0.1, 0.15) is 0 Å². The Labute approximate surface area is 73.5 Å². The molecule has 0 aromatic rings. The Morgan fingerprint density at radius 3 is 2.15 bits per heavy atom. The molecule has 0 heterocycles. The van der Waals surface area contributed by atoms with Gasteiger partial charge in [0.25, 0.3) is 0 Å². The average molecular weight is 200 g/mol. The molecule has 0 saturated carbocycles. The number of alkyl halides is 3. The van der Waals surface area contributed by atoms with Crippen LogP contribution in [0.1, 0.15) is 13.8 Å². The normalized spacial score (nSPS) is 12.8. The fraction of sp³-hybridized carbons (Fsp3) is 0.857. The first-order chi connectivity index (χ1) is 5.69. The molecule has 0 unspecified atom stereocenters. The van der Waals surface area contributed by atoms with Gasteiger partial charge in [0.15, 0.2) is 0 Å². The molecule has 0 fully saturated rings. The zero-order chi connectivity index (χ0) is 10.7. The van der Waals surface area contributed by atoms with Crippen molar-refractivity contribution in [1.82, 2.24) is 0 Å². The molecule has 78 valence electrons. The molecule has 0 radical (unpaired) electrons. The van der Waals surface area contributed by atoms with Gasteiger partial charge in [-0.1, -0.05) is 13.8 Å². The van der Waals surface area contributed by atoms with Gasteiger partial charge in [-0.3, -0.25) is 0 Å². The van der Waals surface area contributed by atoms with Crippen LogP contribution in [-0.2, 0) is 9.53 Å². The first kappa shape index (κ1) is 12.2. The Morgan fingerprint density at radius 2 is 1.85 bits per heavy atom. The largest absolute Gasteiger partial charge is 0.490 e. The van der Waals surface area contributed by atoms with Gasteiger partial charge in [-0.15, -0.1) is 0 Å². The number of halogens is 3. The molecule has 6 heteroatoms. The maximum Gasteiger partial charge on any atom is 0.490 e. The Balaban J connectivity index is 3.98. The molecule has 0 saturated heterocycles. The number of ether oxygens (including phenoxy) is 1. The van der Waals surface area contributed by atoms with E-state index in [-0.39, 0.29) is 6.61 Å². The van der Waals surface area contributed by atoms with E-state index in [0.29, 0.717) is 0 Å². The van der Waals surface area contributed by atoms with Crippen LogP contribution in [0.4, 0.5) is 13.2 Å². The highest BCUT2D eigenvalue weighted by atomic mass is 19.4. The zero-order valence-electron chi connectivity index (χ0n) is 7.31. The lowest BCUT2D eigenvalue weighted by Gasteiger charge is -2.21. The molecule has 13 heavy (non-hydrogen) atoms. The second-order valence-electron chi connectivity index (χ2n) is 3.40. The number of aliphatic hydroxyl groups is 1. The van der Waals surface area contributed by atoms with Crippen molar-refractivity contribution in [2.75, 3.05) is 13.2 Å². The lowest BCUT2D eigenvalue weighted by Crippen LogP contribution is -2.31. The molecule has 0 rings (SSSR count). The minimum atomic E-state index is -4.97. The number of esters is 1. The van der Waals surface area contributed by atoms with Crippen molar-refractivity contribution in [3.05, 3.63) is 0 Å². The number of hydrogen-bond acceptors (Lipinski definition) is 3. The van der Waals surface area contributed by atoms with Crippen LogP contribution in [0.5, 0.6) is 0 Å². The van der Waals surface area contributed by atoms with E-state index in [9.17, 15) is 18.0 Å². The fourth-order valence-corrected chi connectivity index (χ4v) is 0.388. The van der Waals surface area contributed by atoms with E-state index in [1.165, 1.54) is 13.8 Å². The van der Waals surface area contributed by atoms with Gasteiger partial charge in [0, 0.05) is 5.41 Å². The zero-order valence-corrected chi connectivity index (χ0v) is 7.31. The summed E-state index contributed by atoms with van der Waals surface area (Å²) >= 11 is 0. The first-order valence-corrected chi connectivity index (χ1v) is 3.54. The van der Waals surface area contributed by atoms with E-state index in [0.717, 1.165) is 0 Å². The third-order valence-electron chi connectivity index (χ3n) is 1.25. The Kier molecular flexibility index (Phi) is 3.71. The molecule has 0 aromatic heterocycles. The van der Waals surface area contributed by atoms with E-state index < -0.39 is 24.2 Å². The molecule has 0 aromatic carbocycles. The monoisotopic (exact) mass is 200 g/mol. The second-order valence-corrected chi connectivity index (χ2v) is 3.40. The molecule has 0 bridgehead atoms. The maximum atomic E-state index is 11.6. The second kappa shape index (κ2) is 3.95. The molecule has 0 spiro atoms. The molecular formula is C7H11F3O3. The molecule has 0 atom stereocenters. The van der Waals surface area contributed by atoms with Gasteiger partial charge < -0.3 is 9.84 Å². The molecular weight excluding hydrogens is 189 g/mol. The van der Waals surface area contributed by atoms with Crippen LogP contribution in [0.25, 0.3) is 0 Å². The van der Waals surface area contributed by atoms with E-state index in [4.69, 9.17) is 5.11 Å². The Morgan fingerprint density at radius 1 is 1.38 bits per heavy atom. The number of aliphatic hydroxyl groups excluding tert-OH is 1. The van der Waals surface area contributed by atoms with Gasteiger partial charge in [-0.2, -0.15) is 13.2 Å². The van der Waals surface area contributed by atoms with Gasteiger partial charge in [-0.25, -0.2) is 4.79 Å². The number of hydrogen-bond donors (Lipinski definition) is 1. The Bertz CT molecular complexity index is 186. The van der Waals surface area contributed by atoms with E-state index in [1.807, 2.05) is 0 Å². The van der Waals surface area contributed by atoms with Crippen molar-refractivity contribution in [2.24, 2.45) is 5.41 Å². The summed E-state index contributed by atoms with van der Waals surface area (Å²) in [4.78, 5) is 10.2. The summed E-state index contributed by atoms with van der Waals surface area (Å²) in [6.45, 7) is 2.16. The van der Waals surface area contributed by atoms with Crippen LogP contribution in [-0.4, -0.2) is 30.5 Å². The number of carbonyl (C=O) groups excluding carboxylic acids is 1. The summed E-state index contributed by atoms with van der Waals surface area (Å²) in [7, 11) is 0. The van der Waals surface area contributed by atoms with Gasteiger partial charge in [-0.05, 0) is 0 Å². The summed E-state index contributed by atoms with van der Waals surface area (Å²) in [6, 6.07) is 0. The van der Waals surface area contributed by atoms with E-state index >= 15 is 0 Å². The number of rotatable bonds is 3. The van der Waals surface area contributed by atoms with Crippen molar-refractivity contribution in [2.45, 2.75) is 20.0 Å². The lowest BCUT2D eigenvalue weighted by molar-refractivity contribution is -0.202. The number of carbonyl (C=O) groups is 1. The van der Waals surface area contributed by atoms with Crippen LogP contribution >= 0.6 is 0 Å². The molecule has 0 amide bonds. The van der Waals surface area contributed by atoms with Crippen molar-refractivity contribution in [3.8, 4) is 0 Å². The van der Waals surface area contributed by atoms with E-state index in [2.05, 4.69) is 4.74 Å². The third kappa shape index (κ3) is 4.72. The molecule has 0 aliphatic carbocycles. The maximum absolute atomic E-state index is 11.6. The predicted molar refractivity (Wildman–Crippen MR) is 37.9 cm³/mol. The van der Waals surface area contributed by atoms with Crippen molar-refractivity contribution < 1.29 is 27.8 Å². The summed E-state index contributed by atoms with van der Waals surface area (Å²) in [5.74, 6) is -2.23. The minimum absolute atomic E-state index is 0.349. The van der Waals surface area contributed by atoms with E-state index in [1.54, 1.807) is 0 Å². The third-order valence-corrected chi connectivity index (χ3v) is 1.25. The average Bonchev–Trinajstić information content (AvgIpc) is 1.98. The summed E-state index contributed by atoms with van der Waals surface area (Å²) in [6.07, 6.45) is -4.97. The topological polar surface area (TPSA) is 46.5 Å². The van der Waals surface area contributed by atoms with Crippen LogP contribution in [0.15, 0.2) is 0 Å². The standard InChI is InChI=1S/C7H11F3O3/c1-6(2,3-11)4-13-5(12)7(8,9)10/h11H,3-4H2,1-2H3. The van der Waals surface area contributed by atoms with Crippen LogP contribution in [0.2, 0.25) is 0 Å². The highest BCUT2D eigenvalue weighted by Gasteiger charge is 2.41. The molecule has 0 aliphatic heterocycles. The minimum Gasteiger partial charge on any atom is -0.458 e. The van der Waals surface area contributed by atoms with Crippen LogP contribution < -0.4 is 0 Å². The van der Waals surface area contributed by atoms with Crippen LogP contribution in [0.3, 0.4) is 0 Å². The van der Waals surface area contributed by atoms with Gasteiger partial charge in [0.2, 0.25) is 0 Å². The van der Waals surface area contributed by atoms with Crippen molar-refractivity contribution in [3.63, 3.8) is 0 Å². The van der Waals surface area contributed by atoms with Crippen LogP contribution in [0, 0.1) is 5.41 Å². The smallest absolute Gasteiger partial charge is 0.458 e. The van der Waals surface area contributed by atoms with Crippen molar-refractivity contribution >= 4 is 5.97 Å². The SMILES string of the molecule is CC(C)(CO)COC(=O)C(F)(F)F. The lowest BCUT2D eigenvalue weighted by atomic mass is 9.97. The Hall–Kier alpha value is -0.780. The highest BCUT2D eigenvalue weighted by Crippen LogP contribution is 2.20. The fourth-order valence-electron chi connectivity index (χ4n) is 0.388. The summed E-state index contributed by atoms with van der Waals surface area (Å²) in [5.41, 5.74) is -0.846. The van der Waals surface area contributed by atoms with Gasteiger partial charge in [0.05, 0.1) is 13.2 Å². The molecule has 3 nitrogen and oxygen atoms in total. The highest BCUT2D eigenvalue weighted by molar-refractivity contribution is 5.75. The summed E-state index contributed by atoms with van der Waals surface area (Å²) < 4.78 is 38.7.